The Balaban J connectivity index is 1.46. The summed E-state index contributed by atoms with van der Waals surface area (Å²) in [6.07, 6.45) is 4.65. The number of aromatic nitrogens is 1. The van der Waals surface area contributed by atoms with E-state index in [1.54, 1.807) is 0 Å². The normalized spacial score (nSPS) is 19.2. The van der Waals surface area contributed by atoms with E-state index in [0.717, 1.165) is 39.1 Å². The van der Waals surface area contributed by atoms with Gasteiger partial charge in [-0.1, -0.05) is 24.3 Å². The van der Waals surface area contributed by atoms with Gasteiger partial charge in [0.05, 0.1) is 0 Å². The topological polar surface area (TPSA) is 39.6 Å². The van der Waals surface area contributed by atoms with Crippen LogP contribution in [0.5, 0.6) is 0 Å². The minimum atomic E-state index is 0.249. The molecule has 3 heterocycles. The molecule has 0 aliphatic carbocycles. The molecule has 1 aliphatic heterocycles. The fourth-order valence-corrected chi connectivity index (χ4v) is 4.63. The lowest BCUT2D eigenvalue weighted by molar-refractivity contribution is 0.0508. The summed E-state index contributed by atoms with van der Waals surface area (Å²) in [5.41, 5.74) is 1.36. The van der Waals surface area contributed by atoms with Crippen molar-refractivity contribution in [3.8, 4) is 0 Å². The van der Waals surface area contributed by atoms with Crippen LogP contribution in [0.4, 0.5) is 0 Å². The maximum atomic E-state index is 9.53. The second kappa shape index (κ2) is 8.27. The van der Waals surface area contributed by atoms with E-state index in [2.05, 4.69) is 56.6 Å². The molecule has 1 saturated heterocycles. The van der Waals surface area contributed by atoms with Crippen LogP contribution in [0.3, 0.4) is 0 Å². The molecule has 1 unspecified atom stereocenters. The molecule has 136 valence electrons. The third-order valence-electron chi connectivity index (χ3n) is 5.26. The number of rotatable bonds is 6. The lowest BCUT2D eigenvalue weighted by Crippen LogP contribution is -2.52. The first-order valence-electron chi connectivity index (χ1n) is 9.25. The highest BCUT2D eigenvalue weighted by Crippen LogP contribution is 2.23. The maximum Gasteiger partial charge on any atom is 0.0446 e. The number of aliphatic hydroxyl groups excluding tert-OH is 1. The average molecular weight is 368 g/mol. The monoisotopic (exact) mass is 367 g/mol. The van der Waals surface area contributed by atoms with Crippen molar-refractivity contribution in [3.63, 3.8) is 0 Å². The molecule has 1 fully saturated rings. The van der Waals surface area contributed by atoms with E-state index in [9.17, 15) is 5.11 Å². The Morgan fingerprint density at radius 2 is 2.08 bits per heavy atom. The van der Waals surface area contributed by atoms with Crippen molar-refractivity contribution in [2.45, 2.75) is 25.6 Å². The summed E-state index contributed by atoms with van der Waals surface area (Å²) in [5, 5.41) is 14.2. The summed E-state index contributed by atoms with van der Waals surface area (Å²) >= 11 is 1.82. The molecule has 3 aromatic rings. The lowest BCUT2D eigenvalue weighted by atomic mass is 10.0. The second-order valence-electron chi connectivity index (χ2n) is 6.97. The van der Waals surface area contributed by atoms with Crippen molar-refractivity contribution in [2.24, 2.45) is 0 Å². The summed E-state index contributed by atoms with van der Waals surface area (Å²) in [4.78, 5) is 10.7. The van der Waals surface area contributed by atoms with Crippen LogP contribution in [-0.4, -0.2) is 52.2 Å². The molecule has 26 heavy (non-hydrogen) atoms. The summed E-state index contributed by atoms with van der Waals surface area (Å²) < 4.78 is 0. The molecule has 1 aromatic carbocycles. The first-order chi connectivity index (χ1) is 12.8. The van der Waals surface area contributed by atoms with E-state index in [4.69, 9.17) is 0 Å². The third-order valence-corrected chi connectivity index (χ3v) is 6.12. The van der Waals surface area contributed by atoms with Gasteiger partial charge in [-0.25, -0.2) is 0 Å². The van der Waals surface area contributed by atoms with Crippen molar-refractivity contribution < 1.29 is 5.11 Å². The molecule has 0 amide bonds. The summed E-state index contributed by atoms with van der Waals surface area (Å²) in [5.74, 6) is 0. The Morgan fingerprint density at radius 1 is 1.12 bits per heavy atom. The predicted octanol–water partition coefficient (Wildman–Crippen LogP) is 3.37. The number of aliphatic hydroxyl groups is 1. The fourth-order valence-electron chi connectivity index (χ4n) is 3.90. The van der Waals surface area contributed by atoms with Gasteiger partial charge in [0.25, 0.3) is 0 Å². The third kappa shape index (κ3) is 3.96. The zero-order chi connectivity index (χ0) is 17.8. The Bertz CT molecular complexity index is 831. The Morgan fingerprint density at radius 3 is 2.92 bits per heavy atom. The standard InChI is InChI=1S/C21H25N3OS/c25-11-7-19-15-23(9-10-24(19)16-20-5-2-12-26-20)14-18-4-1-3-17-13-22-8-6-21(17)18/h1-6,8,12-13,19,25H,7,9-11,14-16H2. The van der Waals surface area contributed by atoms with Gasteiger partial charge in [0.15, 0.2) is 0 Å². The smallest absolute Gasteiger partial charge is 0.0446 e. The van der Waals surface area contributed by atoms with Crippen molar-refractivity contribution in [1.29, 1.82) is 0 Å². The molecule has 0 bridgehead atoms. The first kappa shape index (κ1) is 17.6. The predicted molar refractivity (Wildman–Crippen MR) is 107 cm³/mol. The van der Waals surface area contributed by atoms with Gasteiger partial charge >= 0.3 is 0 Å². The van der Waals surface area contributed by atoms with Crippen LogP contribution in [0.1, 0.15) is 16.9 Å². The second-order valence-corrected chi connectivity index (χ2v) is 8.00. The van der Waals surface area contributed by atoms with Crippen LogP contribution in [0.2, 0.25) is 0 Å². The van der Waals surface area contributed by atoms with Gasteiger partial charge in [-0.05, 0) is 34.9 Å². The number of hydrogen-bond acceptors (Lipinski definition) is 5. The highest BCUT2D eigenvalue weighted by atomic mass is 32.1. The van der Waals surface area contributed by atoms with Crippen molar-refractivity contribution in [3.05, 3.63) is 64.6 Å². The van der Waals surface area contributed by atoms with Gasteiger partial charge in [-0.2, -0.15) is 0 Å². The molecule has 0 saturated carbocycles. The molecule has 4 rings (SSSR count). The van der Waals surface area contributed by atoms with Gasteiger partial charge in [0, 0.05) is 68.0 Å². The summed E-state index contributed by atoms with van der Waals surface area (Å²) in [6, 6.07) is 13.3. The molecular weight excluding hydrogens is 342 g/mol. The molecule has 2 aromatic heterocycles. The van der Waals surface area contributed by atoms with E-state index < -0.39 is 0 Å². The SMILES string of the molecule is OCCC1CN(Cc2cccc3cnccc23)CCN1Cc1cccs1. The Kier molecular flexibility index (Phi) is 5.60. The van der Waals surface area contributed by atoms with Crippen LogP contribution in [-0.2, 0) is 13.1 Å². The molecule has 1 atom stereocenters. The number of hydrogen-bond donors (Lipinski definition) is 1. The fraction of sp³-hybridized carbons (Fsp3) is 0.381. The average Bonchev–Trinajstić information content (AvgIpc) is 3.18. The van der Waals surface area contributed by atoms with Gasteiger partial charge in [-0.3, -0.25) is 14.8 Å². The van der Waals surface area contributed by atoms with Crippen LogP contribution in [0.15, 0.2) is 54.2 Å². The lowest BCUT2D eigenvalue weighted by Gasteiger charge is -2.41. The van der Waals surface area contributed by atoms with Gasteiger partial charge in [0.1, 0.15) is 0 Å². The minimum Gasteiger partial charge on any atom is -0.396 e. The van der Waals surface area contributed by atoms with Gasteiger partial charge in [-0.15, -0.1) is 11.3 Å². The van der Waals surface area contributed by atoms with E-state index in [1.807, 2.05) is 23.7 Å². The number of pyridine rings is 1. The van der Waals surface area contributed by atoms with E-state index in [-0.39, 0.29) is 6.61 Å². The number of benzene rings is 1. The molecular formula is C21H25N3OS. The highest BCUT2D eigenvalue weighted by Gasteiger charge is 2.27. The van der Waals surface area contributed by atoms with Crippen molar-refractivity contribution in [2.75, 3.05) is 26.2 Å². The first-order valence-corrected chi connectivity index (χ1v) is 10.1. The molecule has 0 radical (unpaired) electrons. The summed E-state index contributed by atoms with van der Waals surface area (Å²) in [6.45, 7) is 5.32. The van der Waals surface area contributed by atoms with Gasteiger partial charge in [0.2, 0.25) is 0 Å². The van der Waals surface area contributed by atoms with Crippen LogP contribution >= 0.6 is 11.3 Å². The van der Waals surface area contributed by atoms with E-state index in [1.165, 1.54) is 21.2 Å². The number of nitrogens with zero attached hydrogens (tertiary/aromatic N) is 3. The Hall–Kier alpha value is -1.79. The van der Waals surface area contributed by atoms with Crippen LogP contribution in [0, 0.1) is 0 Å². The Labute approximate surface area is 158 Å². The molecule has 5 heteroatoms. The maximum absolute atomic E-state index is 9.53. The quantitative estimate of drug-likeness (QED) is 0.725. The molecule has 1 N–H and O–H groups in total. The number of piperazine rings is 1. The summed E-state index contributed by atoms with van der Waals surface area (Å²) in [7, 11) is 0. The zero-order valence-electron chi connectivity index (χ0n) is 14.9. The largest absolute Gasteiger partial charge is 0.396 e. The van der Waals surface area contributed by atoms with E-state index in [0.29, 0.717) is 6.04 Å². The number of thiophene rings is 1. The number of fused-ring (bicyclic) bond motifs is 1. The molecule has 4 nitrogen and oxygen atoms in total. The highest BCUT2D eigenvalue weighted by molar-refractivity contribution is 7.09. The van der Waals surface area contributed by atoms with E-state index >= 15 is 0 Å². The van der Waals surface area contributed by atoms with Crippen LogP contribution in [0.25, 0.3) is 10.8 Å². The van der Waals surface area contributed by atoms with Crippen LogP contribution < -0.4 is 0 Å². The minimum absolute atomic E-state index is 0.249. The van der Waals surface area contributed by atoms with Gasteiger partial charge < -0.3 is 5.11 Å². The van der Waals surface area contributed by atoms with Crippen molar-refractivity contribution in [1.82, 2.24) is 14.8 Å². The van der Waals surface area contributed by atoms with Crippen molar-refractivity contribution >= 4 is 22.1 Å². The molecule has 1 aliphatic rings. The zero-order valence-corrected chi connectivity index (χ0v) is 15.7. The molecule has 0 spiro atoms.